The van der Waals surface area contributed by atoms with Crippen LogP contribution in [0.25, 0.3) is 0 Å². The fourth-order valence-corrected chi connectivity index (χ4v) is 5.10. The fraction of sp³-hybridized carbons (Fsp3) is 0.444. The second-order valence-electron chi connectivity index (χ2n) is 8.81. The summed E-state index contributed by atoms with van der Waals surface area (Å²) in [5.74, 6) is -0.613. The number of methoxy groups -OCH3 is 1. The Hall–Kier alpha value is -3.04. The van der Waals surface area contributed by atoms with Crippen LogP contribution >= 0.6 is 11.8 Å². The highest BCUT2D eigenvalue weighted by Crippen LogP contribution is 2.47. The lowest BCUT2D eigenvalue weighted by Crippen LogP contribution is -2.45. The van der Waals surface area contributed by atoms with Gasteiger partial charge in [-0.05, 0) is 56.4 Å². The van der Waals surface area contributed by atoms with Crippen molar-refractivity contribution in [2.24, 2.45) is 0 Å². The van der Waals surface area contributed by atoms with Gasteiger partial charge in [0.05, 0.1) is 30.2 Å². The summed E-state index contributed by atoms with van der Waals surface area (Å²) in [6.07, 6.45) is 0.661. The molecular formula is C27H34N2O6S. The summed E-state index contributed by atoms with van der Waals surface area (Å²) >= 11 is 1.43. The summed E-state index contributed by atoms with van der Waals surface area (Å²) in [5, 5.41) is -0.488. The maximum Gasteiger partial charge on any atom is 0.338 e. The number of nitrogens with zero attached hydrogens (tertiary/aromatic N) is 2. The van der Waals surface area contributed by atoms with Crippen molar-refractivity contribution in [2.75, 3.05) is 45.8 Å². The van der Waals surface area contributed by atoms with Crippen LogP contribution in [0.2, 0.25) is 0 Å². The first-order valence-corrected chi connectivity index (χ1v) is 12.9. The maximum atomic E-state index is 13.9. The van der Waals surface area contributed by atoms with Crippen molar-refractivity contribution >= 4 is 35.3 Å². The smallest absolute Gasteiger partial charge is 0.338 e. The van der Waals surface area contributed by atoms with Gasteiger partial charge in [-0.15, -0.1) is 11.8 Å². The van der Waals surface area contributed by atoms with Crippen molar-refractivity contribution in [1.82, 2.24) is 4.90 Å². The van der Waals surface area contributed by atoms with E-state index < -0.39 is 23.3 Å². The van der Waals surface area contributed by atoms with E-state index in [2.05, 4.69) is 0 Å². The molecule has 0 aromatic heterocycles. The molecule has 2 atom stereocenters. The van der Waals surface area contributed by atoms with Gasteiger partial charge in [0.2, 0.25) is 0 Å². The molecule has 8 nitrogen and oxygen atoms in total. The van der Waals surface area contributed by atoms with Gasteiger partial charge in [0.15, 0.2) is 6.10 Å². The monoisotopic (exact) mass is 514 g/mol. The van der Waals surface area contributed by atoms with E-state index in [-0.39, 0.29) is 5.91 Å². The van der Waals surface area contributed by atoms with E-state index in [1.165, 1.54) is 18.7 Å². The second-order valence-corrected chi connectivity index (χ2v) is 9.99. The zero-order valence-corrected chi connectivity index (χ0v) is 22.3. The van der Waals surface area contributed by atoms with Crippen molar-refractivity contribution in [2.45, 2.75) is 42.9 Å². The quantitative estimate of drug-likeness (QED) is 0.342. The van der Waals surface area contributed by atoms with Crippen molar-refractivity contribution < 1.29 is 28.6 Å². The van der Waals surface area contributed by atoms with Crippen LogP contribution in [0.5, 0.6) is 5.75 Å². The van der Waals surface area contributed by atoms with Crippen LogP contribution in [0.15, 0.2) is 47.4 Å². The molecule has 0 saturated carbocycles. The SMILES string of the molecule is CCCCOC(=O)c1ccc2c(c1)N(CCN(C)C)C(=O)C(OC(C)=O)C(c1ccc(OC)cc1)S2. The number of rotatable bonds is 10. The molecule has 9 heteroatoms. The van der Waals surface area contributed by atoms with Crippen molar-refractivity contribution in [3.8, 4) is 5.75 Å². The summed E-state index contributed by atoms with van der Waals surface area (Å²) in [4.78, 5) is 43.1. The number of likely N-dealkylation sites (N-methyl/N-ethyl adjacent to an activating group) is 1. The van der Waals surface area contributed by atoms with Gasteiger partial charge in [-0.3, -0.25) is 9.59 Å². The number of benzene rings is 2. The molecule has 0 spiro atoms. The molecule has 0 radical (unpaired) electrons. The predicted octanol–water partition coefficient (Wildman–Crippen LogP) is 4.33. The Kier molecular flexibility index (Phi) is 9.78. The van der Waals surface area contributed by atoms with Gasteiger partial charge in [0, 0.05) is 24.9 Å². The first-order chi connectivity index (χ1) is 17.2. The lowest BCUT2D eigenvalue weighted by molar-refractivity contribution is -0.152. The van der Waals surface area contributed by atoms with E-state index in [0.717, 1.165) is 23.3 Å². The Morgan fingerprint density at radius 2 is 1.83 bits per heavy atom. The average Bonchev–Trinajstić information content (AvgIpc) is 2.96. The van der Waals surface area contributed by atoms with Gasteiger partial charge < -0.3 is 24.0 Å². The zero-order valence-electron chi connectivity index (χ0n) is 21.5. The lowest BCUT2D eigenvalue weighted by atomic mass is 10.1. The molecular weight excluding hydrogens is 480 g/mol. The van der Waals surface area contributed by atoms with Crippen LogP contribution in [0, 0.1) is 0 Å². The number of amides is 1. The Balaban J connectivity index is 2.07. The molecule has 1 amide bonds. The lowest BCUT2D eigenvalue weighted by Gasteiger charge is -2.28. The molecule has 2 aromatic carbocycles. The van der Waals surface area contributed by atoms with Crippen LogP contribution in [-0.2, 0) is 19.1 Å². The summed E-state index contributed by atoms with van der Waals surface area (Å²) < 4.78 is 16.3. The third kappa shape index (κ3) is 6.79. The van der Waals surface area contributed by atoms with Gasteiger partial charge in [-0.25, -0.2) is 4.79 Å². The number of thioether (sulfide) groups is 1. The summed E-state index contributed by atoms with van der Waals surface area (Å²) in [5.41, 5.74) is 1.80. The molecule has 2 aromatic rings. The maximum absolute atomic E-state index is 13.9. The minimum Gasteiger partial charge on any atom is -0.497 e. The first-order valence-electron chi connectivity index (χ1n) is 12.0. The van der Waals surface area contributed by atoms with E-state index in [1.54, 1.807) is 24.1 Å². The number of esters is 2. The number of carbonyl (C=O) groups excluding carboxylic acids is 3. The van der Waals surface area contributed by atoms with E-state index in [9.17, 15) is 14.4 Å². The number of hydrogen-bond acceptors (Lipinski definition) is 8. The molecule has 1 heterocycles. The molecule has 0 aliphatic carbocycles. The number of carbonyl (C=O) groups is 3. The van der Waals surface area contributed by atoms with Gasteiger partial charge in [-0.1, -0.05) is 25.5 Å². The molecule has 3 rings (SSSR count). The van der Waals surface area contributed by atoms with E-state index >= 15 is 0 Å². The predicted molar refractivity (Wildman–Crippen MR) is 140 cm³/mol. The summed E-state index contributed by atoms with van der Waals surface area (Å²) in [7, 11) is 5.43. The summed E-state index contributed by atoms with van der Waals surface area (Å²) in [6.45, 7) is 4.62. The Bertz CT molecular complexity index is 1070. The molecule has 0 fully saturated rings. The Morgan fingerprint density at radius 3 is 2.44 bits per heavy atom. The van der Waals surface area contributed by atoms with Crippen LogP contribution < -0.4 is 9.64 Å². The molecule has 1 aliphatic heterocycles. The third-order valence-corrected chi connectivity index (χ3v) is 7.14. The van der Waals surface area contributed by atoms with Crippen LogP contribution in [0.3, 0.4) is 0 Å². The standard InChI is InChI=1S/C27H34N2O6S/c1-6-7-16-34-27(32)20-10-13-23-22(17-20)29(15-14-28(3)4)26(31)24(35-18(2)30)25(36-23)19-8-11-21(33-5)12-9-19/h8-13,17,24-25H,6-7,14-16H2,1-5H3. The minimum atomic E-state index is -1.05. The van der Waals surface area contributed by atoms with E-state index in [1.807, 2.05) is 56.3 Å². The largest absolute Gasteiger partial charge is 0.497 e. The topological polar surface area (TPSA) is 85.4 Å². The normalized spacial score (nSPS) is 17.4. The van der Waals surface area contributed by atoms with Gasteiger partial charge in [0.1, 0.15) is 5.75 Å². The number of anilines is 1. The third-order valence-electron chi connectivity index (χ3n) is 5.76. The van der Waals surface area contributed by atoms with Gasteiger partial charge in [0.25, 0.3) is 5.91 Å². The van der Waals surface area contributed by atoms with Crippen molar-refractivity contribution in [1.29, 1.82) is 0 Å². The van der Waals surface area contributed by atoms with Crippen LogP contribution in [-0.4, -0.2) is 69.8 Å². The molecule has 1 aliphatic rings. The number of hydrogen-bond donors (Lipinski definition) is 0. The molecule has 0 bridgehead atoms. The molecule has 36 heavy (non-hydrogen) atoms. The molecule has 0 saturated heterocycles. The molecule has 0 N–H and O–H groups in total. The van der Waals surface area contributed by atoms with Gasteiger partial charge in [-0.2, -0.15) is 0 Å². The average molecular weight is 515 g/mol. The Labute approximate surface area is 216 Å². The van der Waals surface area contributed by atoms with Gasteiger partial charge >= 0.3 is 11.9 Å². The molecule has 2 unspecified atom stereocenters. The van der Waals surface area contributed by atoms with Crippen molar-refractivity contribution in [3.63, 3.8) is 0 Å². The second kappa shape index (κ2) is 12.8. The highest BCUT2D eigenvalue weighted by atomic mass is 32.2. The minimum absolute atomic E-state index is 0.337. The zero-order chi connectivity index (χ0) is 26.2. The number of fused-ring (bicyclic) bond motifs is 1. The molecule has 194 valence electrons. The van der Waals surface area contributed by atoms with E-state index in [4.69, 9.17) is 14.2 Å². The number of ether oxygens (including phenoxy) is 3. The van der Waals surface area contributed by atoms with E-state index in [0.29, 0.717) is 36.7 Å². The highest BCUT2D eigenvalue weighted by Gasteiger charge is 2.41. The first kappa shape index (κ1) is 27.5. The number of unbranched alkanes of at least 4 members (excludes halogenated alkanes) is 1. The van der Waals surface area contributed by atoms with Crippen molar-refractivity contribution in [3.05, 3.63) is 53.6 Å². The summed E-state index contributed by atoms with van der Waals surface area (Å²) in [6, 6.07) is 12.6. The van der Waals surface area contributed by atoms with Crippen LogP contribution in [0.1, 0.15) is 47.9 Å². The fourth-order valence-electron chi connectivity index (χ4n) is 3.81. The Morgan fingerprint density at radius 1 is 1.11 bits per heavy atom. The highest BCUT2D eigenvalue weighted by molar-refractivity contribution is 7.99. The van der Waals surface area contributed by atoms with Crippen LogP contribution in [0.4, 0.5) is 5.69 Å².